The molecule has 0 saturated heterocycles. The highest BCUT2D eigenvalue weighted by Crippen LogP contribution is 2.11. The van der Waals surface area contributed by atoms with Crippen molar-refractivity contribution in [2.75, 3.05) is 0 Å². The first-order chi connectivity index (χ1) is 7.36. The van der Waals surface area contributed by atoms with Gasteiger partial charge in [0.15, 0.2) is 0 Å². The van der Waals surface area contributed by atoms with E-state index < -0.39 is 0 Å². The van der Waals surface area contributed by atoms with Gasteiger partial charge in [-0.15, -0.1) is 0 Å². The van der Waals surface area contributed by atoms with Crippen LogP contribution in [0.2, 0.25) is 0 Å². The van der Waals surface area contributed by atoms with Crippen LogP contribution in [0.5, 0.6) is 0 Å². The predicted octanol–water partition coefficient (Wildman–Crippen LogP) is 2.54. The fraction of sp³-hybridized carbons (Fsp3) is 0. The Bertz CT molecular complexity index is 446. The number of hydrogen-bond donors (Lipinski definition) is 1. The predicted molar refractivity (Wildman–Crippen MR) is 62.7 cm³/mol. The average Bonchev–Trinajstić information content (AvgIpc) is 2.31. The molecule has 2 rings (SSSR count). The van der Waals surface area contributed by atoms with Crippen LogP contribution in [0, 0.1) is 0 Å². The monoisotopic (exact) mass is 196 g/mol. The Labute approximate surface area is 89.1 Å². The first-order valence-corrected chi connectivity index (χ1v) is 4.79. The minimum Gasteiger partial charge on any atom is -0.398 e. The Hall–Kier alpha value is -2.09. The number of nitrogens with zero attached hydrogens (tertiary/aromatic N) is 1. The van der Waals surface area contributed by atoms with Crippen LogP contribution in [0.25, 0.3) is 11.8 Å². The van der Waals surface area contributed by atoms with Crippen LogP contribution in [0.4, 0.5) is 0 Å². The summed E-state index contributed by atoms with van der Waals surface area (Å²) in [6.45, 7) is 0. The Kier molecular flexibility index (Phi) is 2.79. The van der Waals surface area contributed by atoms with E-state index in [0.29, 0.717) is 0 Å². The maximum atomic E-state index is 5.96. The fourth-order valence-corrected chi connectivity index (χ4v) is 1.36. The van der Waals surface area contributed by atoms with E-state index in [-0.39, 0.29) is 0 Å². The van der Waals surface area contributed by atoms with Crippen LogP contribution < -0.4 is 5.73 Å². The van der Waals surface area contributed by atoms with E-state index in [2.05, 4.69) is 4.98 Å². The lowest BCUT2D eigenvalue weighted by Gasteiger charge is -2.00. The fourth-order valence-electron chi connectivity index (χ4n) is 1.36. The first-order valence-electron chi connectivity index (χ1n) is 4.79. The molecule has 1 heterocycles. The standard InChI is InChI=1S/C13H12N2/c14-13(12-6-8-15-9-7-12)10-11-4-2-1-3-5-11/h1-10H,14H2/b13-10+. The Balaban J connectivity index is 2.29. The number of aromatic nitrogens is 1. The molecule has 0 spiro atoms. The normalized spacial score (nSPS) is 11.3. The molecule has 2 heteroatoms. The molecule has 74 valence electrons. The lowest BCUT2D eigenvalue weighted by molar-refractivity contribution is 1.31. The molecule has 15 heavy (non-hydrogen) atoms. The van der Waals surface area contributed by atoms with E-state index in [1.807, 2.05) is 48.5 Å². The number of rotatable bonds is 2. The summed E-state index contributed by atoms with van der Waals surface area (Å²) < 4.78 is 0. The maximum Gasteiger partial charge on any atom is 0.0394 e. The SMILES string of the molecule is N/C(=C/c1ccccc1)c1ccncc1. The van der Waals surface area contributed by atoms with Crippen LogP contribution in [0.15, 0.2) is 54.9 Å². The van der Waals surface area contributed by atoms with Crippen molar-refractivity contribution in [1.29, 1.82) is 0 Å². The molecule has 0 saturated carbocycles. The van der Waals surface area contributed by atoms with Crippen molar-refractivity contribution < 1.29 is 0 Å². The molecule has 0 radical (unpaired) electrons. The van der Waals surface area contributed by atoms with Gasteiger partial charge >= 0.3 is 0 Å². The number of pyridine rings is 1. The van der Waals surface area contributed by atoms with E-state index in [4.69, 9.17) is 5.73 Å². The van der Waals surface area contributed by atoms with Gasteiger partial charge in [0.25, 0.3) is 0 Å². The Morgan fingerprint density at radius 2 is 1.67 bits per heavy atom. The van der Waals surface area contributed by atoms with Gasteiger partial charge in [0.1, 0.15) is 0 Å². The van der Waals surface area contributed by atoms with Gasteiger partial charge in [-0.2, -0.15) is 0 Å². The highest BCUT2D eigenvalue weighted by Gasteiger charge is 1.94. The van der Waals surface area contributed by atoms with Crippen LogP contribution in [-0.4, -0.2) is 4.98 Å². The van der Waals surface area contributed by atoms with Crippen LogP contribution in [0.1, 0.15) is 11.1 Å². The average molecular weight is 196 g/mol. The van der Waals surface area contributed by atoms with Crippen molar-refractivity contribution in [3.05, 3.63) is 66.0 Å². The summed E-state index contributed by atoms with van der Waals surface area (Å²) in [6, 6.07) is 13.8. The summed E-state index contributed by atoms with van der Waals surface area (Å²) in [6.07, 6.45) is 5.43. The molecule has 1 aromatic heterocycles. The Morgan fingerprint density at radius 3 is 2.33 bits per heavy atom. The first kappa shape index (κ1) is 9.46. The van der Waals surface area contributed by atoms with Gasteiger partial charge in [-0.05, 0) is 23.8 Å². The molecule has 0 fully saturated rings. The van der Waals surface area contributed by atoms with Crippen molar-refractivity contribution in [2.45, 2.75) is 0 Å². The Morgan fingerprint density at radius 1 is 1.00 bits per heavy atom. The summed E-state index contributed by atoms with van der Waals surface area (Å²) in [4.78, 5) is 3.95. The topological polar surface area (TPSA) is 38.9 Å². The van der Waals surface area contributed by atoms with Gasteiger partial charge in [0.2, 0.25) is 0 Å². The smallest absolute Gasteiger partial charge is 0.0394 e. The molecule has 2 N–H and O–H groups in total. The summed E-state index contributed by atoms with van der Waals surface area (Å²) in [7, 11) is 0. The molecule has 0 bridgehead atoms. The van der Waals surface area contributed by atoms with Gasteiger partial charge in [-0.1, -0.05) is 30.3 Å². The van der Waals surface area contributed by atoms with Gasteiger partial charge < -0.3 is 5.73 Å². The minimum atomic E-state index is 0.753. The molecular weight excluding hydrogens is 184 g/mol. The third-order valence-electron chi connectivity index (χ3n) is 2.14. The van der Waals surface area contributed by atoms with Crippen molar-refractivity contribution in [3.63, 3.8) is 0 Å². The van der Waals surface area contributed by atoms with Crippen molar-refractivity contribution in [3.8, 4) is 0 Å². The lowest BCUT2D eigenvalue weighted by atomic mass is 10.1. The zero-order chi connectivity index (χ0) is 10.5. The number of nitrogens with two attached hydrogens (primary N) is 1. The quantitative estimate of drug-likeness (QED) is 0.801. The lowest BCUT2D eigenvalue weighted by Crippen LogP contribution is -1.95. The van der Waals surface area contributed by atoms with Gasteiger partial charge in [0.05, 0.1) is 0 Å². The van der Waals surface area contributed by atoms with Crippen LogP contribution >= 0.6 is 0 Å². The molecule has 0 aliphatic heterocycles. The highest BCUT2D eigenvalue weighted by molar-refractivity contribution is 5.79. The third-order valence-corrected chi connectivity index (χ3v) is 2.14. The summed E-state index contributed by atoms with van der Waals surface area (Å²) in [5, 5.41) is 0. The second-order valence-corrected chi connectivity index (χ2v) is 3.25. The maximum absolute atomic E-state index is 5.96. The number of benzene rings is 1. The molecule has 2 nitrogen and oxygen atoms in total. The molecule has 1 aromatic carbocycles. The molecule has 0 amide bonds. The van der Waals surface area contributed by atoms with Gasteiger partial charge in [-0.25, -0.2) is 0 Å². The molecule has 0 atom stereocenters. The van der Waals surface area contributed by atoms with Crippen LogP contribution in [-0.2, 0) is 0 Å². The van der Waals surface area contributed by atoms with Crippen molar-refractivity contribution >= 4 is 11.8 Å². The largest absolute Gasteiger partial charge is 0.398 e. The van der Waals surface area contributed by atoms with E-state index in [1.54, 1.807) is 12.4 Å². The minimum absolute atomic E-state index is 0.753. The van der Waals surface area contributed by atoms with Gasteiger partial charge in [0, 0.05) is 23.7 Å². The summed E-state index contributed by atoms with van der Waals surface area (Å²) in [5.41, 5.74) is 8.81. The van der Waals surface area contributed by atoms with Crippen molar-refractivity contribution in [2.24, 2.45) is 5.73 Å². The second kappa shape index (κ2) is 4.42. The summed E-state index contributed by atoms with van der Waals surface area (Å²) in [5.74, 6) is 0. The molecular formula is C13H12N2. The van der Waals surface area contributed by atoms with Crippen LogP contribution in [0.3, 0.4) is 0 Å². The van der Waals surface area contributed by atoms with Crippen molar-refractivity contribution in [1.82, 2.24) is 4.98 Å². The second-order valence-electron chi connectivity index (χ2n) is 3.25. The van der Waals surface area contributed by atoms with E-state index in [0.717, 1.165) is 16.8 Å². The molecule has 2 aromatic rings. The zero-order valence-corrected chi connectivity index (χ0v) is 8.30. The molecule has 0 aliphatic carbocycles. The van der Waals surface area contributed by atoms with E-state index >= 15 is 0 Å². The number of hydrogen-bond acceptors (Lipinski definition) is 2. The van der Waals surface area contributed by atoms with Gasteiger partial charge in [-0.3, -0.25) is 4.98 Å². The van der Waals surface area contributed by atoms with E-state index in [1.165, 1.54) is 0 Å². The third kappa shape index (κ3) is 2.44. The molecule has 0 unspecified atom stereocenters. The highest BCUT2D eigenvalue weighted by atomic mass is 14.6. The molecule has 0 aliphatic rings. The summed E-state index contributed by atoms with van der Waals surface area (Å²) >= 11 is 0. The zero-order valence-electron chi connectivity index (χ0n) is 8.30. The van der Waals surface area contributed by atoms with E-state index in [9.17, 15) is 0 Å².